The second-order valence-corrected chi connectivity index (χ2v) is 6.69. The zero-order chi connectivity index (χ0) is 17.4. The van der Waals surface area contributed by atoms with Crippen LogP contribution in [0.5, 0.6) is 0 Å². The van der Waals surface area contributed by atoms with Crippen LogP contribution in [0.15, 0.2) is 48.5 Å². The number of fused-ring (bicyclic) bond motifs is 1. The number of benzene rings is 2. The third kappa shape index (κ3) is 2.97. The lowest BCUT2D eigenvalue weighted by atomic mass is 9.92. The summed E-state index contributed by atoms with van der Waals surface area (Å²) >= 11 is 0. The Morgan fingerprint density at radius 3 is 2.44 bits per heavy atom. The summed E-state index contributed by atoms with van der Waals surface area (Å²) in [7, 11) is 0. The van der Waals surface area contributed by atoms with Crippen molar-refractivity contribution < 1.29 is 0 Å². The minimum absolute atomic E-state index is 0.123. The van der Waals surface area contributed by atoms with E-state index in [0.717, 1.165) is 18.8 Å². The van der Waals surface area contributed by atoms with Gasteiger partial charge in [-0.2, -0.15) is 4.98 Å². The highest BCUT2D eigenvalue weighted by molar-refractivity contribution is 5.42. The van der Waals surface area contributed by atoms with Crippen LogP contribution in [0.1, 0.15) is 47.7 Å². The highest BCUT2D eigenvalue weighted by atomic mass is 15.4. The molecule has 4 rings (SSSR count). The van der Waals surface area contributed by atoms with E-state index in [-0.39, 0.29) is 12.1 Å². The van der Waals surface area contributed by atoms with E-state index in [1.165, 1.54) is 22.3 Å². The van der Waals surface area contributed by atoms with Crippen molar-refractivity contribution in [2.24, 2.45) is 0 Å². The van der Waals surface area contributed by atoms with Crippen molar-refractivity contribution >= 4 is 11.9 Å². The molecule has 5 nitrogen and oxygen atoms in total. The van der Waals surface area contributed by atoms with E-state index < -0.39 is 0 Å². The van der Waals surface area contributed by atoms with Crippen molar-refractivity contribution in [3.63, 3.8) is 0 Å². The van der Waals surface area contributed by atoms with Gasteiger partial charge in [0.25, 0.3) is 0 Å². The zero-order valence-electron chi connectivity index (χ0n) is 14.6. The fraction of sp³-hybridized carbons (Fsp3) is 0.300. The van der Waals surface area contributed by atoms with Crippen LogP contribution in [0.4, 0.5) is 11.9 Å². The molecule has 2 aromatic carbocycles. The second-order valence-electron chi connectivity index (χ2n) is 6.69. The first-order valence-electron chi connectivity index (χ1n) is 8.78. The molecule has 3 N–H and O–H groups in total. The lowest BCUT2D eigenvalue weighted by molar-refractivity contribution is 0.431. The Kier molecular flexibility index (Phi) is 3.92. The van der Waals surface area contributed by atoms with Crippen molar-refractivity contribution in [1.82, 2.24) is 14.8 Å². The van der Waals surface area contributed by atoms with Gasteiger partial charge >= 0.3 is 0 Å². The minimum atomic E-state index is 0.123. The predicted molar refractivity (Wildman–Crippen MR) is 101 cm³/mol. The molecule has 5 heteroatoms. The van der Waals surface area contributed by atoms with Gasteiger partial charge < -0.3 is 11.1 Å². The van der Waals surface area contributed by atoms with E-state index >= 15 is 0 Å². The van der Waals surface area contributed by atoms with E-state index in [9.17, 15) is 0 Å². The van der Waals surface area contributed by atoms with Crippen molar-refractivity contribution in [3.05, 3.63) is 70.8 Å². The van der Waals surface area contributed by atoms with Crippen LogP contribution in [0, 0.1) is 6.92 Å². The second kappa shape index (κ2) is 6.24. The molecule has 0 bridgehead atoms. The maximum absolute atomic E-state index is 5.87. The molecule has 0 fully saturated rings. The topological polar surface area (TPSA) is 68.8 Å². The van der Waals surface area contributed by atoms with Gasteiger partial charge in [-0.25, -0.2) is 4.68 Å². The molecule has 2 atom stereocenters. The predicted octanol–water partition coefficient (Wildman–Crippen LogP) is 3.88. The molecular weight excluding hydrogens is 310 g/mol. The van der Waals surface area contributed by atoms with E-state index in [1.54, 1.807) is 0 Å². The molecule has 2 heterocycles. The fourth-order valence-corrected chi connectivity index (χ4v) is 3.46. The van der Waals surface area contributed by atoms with Gasteiger partial charge in [0.1, 0.15) is 0 Å². The molecule has 0 spiro atoms. The number of nitrogens with zero attached hydrogens (tertiary/aromatic N) is 3. The lowest BCUT2D eigenvalue weighted by Crippen LogP contribution is -2.28. The average molecular weight is 333 g/mol. The smallest absolute Gasteiger partial charge is 0.241 e. The Balaban J connectivity index is 1.72. The van der Waals surface area contributed by atoms with Crippen LogP contribution in [0.25, 0.3) is 0 Å². The molecular formula is C20H23N5. The van der Waals surface area contributed by atoms with E-state index in [0.29, 0.717) is 5.95 Å². The first kappa shape index (κ1) is 15.7. The number of nitrogens with two attached hydrogens (primary N) is 1. The van der Waals surface area contributed by atoms with Gasteiger partial charge in [-0.15, -0.1) is 5.10 Å². The summed E-state index contributed by atoms with van der Waals surface area (Å²) in [4.78, 5) is 4.37. The molecule has 0 amide bonds. The van der Waals surface area contributed by atoms with Crippen LogP contribution in [-0.4, -0.2) is 14.8 Å². The van der Waals surface area contributed by atoms with Crippen LogP contribution in [0.2, 0.25) is 0 Å². The summed E-state index contributed by atoms with van der Waals surface area (Å²) in [5, 5.41) is 7.90. The quantitative estimate of drug-likeness (QED) is 0.763. The fourth-order valence-electron chi connectivity index (χ4n) is 3.46. The van der Waals surface area contributed by atoms with Crippen LogP contribution in [0.3, 0.4) is 0 Å². The van der Waals surface area contributed by atoms with Gasteiger partial charge in [0.2, 0.25) is 11.9 Å². The van der Waals surface area contributed by atoms with Gasteiger partial charge in [0.15, 0.2) is 0 Å². The number of aromatic nitrogens is 3. The Morgan fingerprint density at radius 1 is 1.08 bits per heavy atom. The number of hydrogen-bond donors (Lipinski definition) is 2. The first-order valence-corrected chi connectivity index (χ1v) is 8.78. The van der Waals surface area contributed by atoms with Gasteiger partial charge in [-0.3, -0.25) is 0 Å². The van der Waals surface area contributed by atoms with Crippen LogP contribution < -0.4 is 11.1 Å². The largest absolute Gasteiger partial charge is 0.366 e. The molecule has 25 heavy (non-hydrogen) atoms. The SMILES string of the molecule is CCc1ccc([C@H]2C[C@@H](c3ccc(C)cc3)Nc3nc(N)nn32)cc1. The van der Waals surface area contributed by atoms with Gasteiger partial charge in [-0.05, 0) is 36.5 Å². The number of hydrogen-bond acceptors (Lipinski definition) is 4. The van der Waals surface area contributed by atoms with Gasteiger partial charge in [-0.1, -0.05) is 61.0 Å². The number of rotatable bonds is 3. The van der Waals surface area contributed by atoms with Crippen LogP contribution >= 0.6 is 0 Å². The molecule has 0 saturated carbocycles. The van der Waals surface area contributed by atoms with Gasteiger partial charge in [0, 0.05) is 0 Å². The maximum Gasteiger partial charge on any atom is 0.241 e. The summed E-state index contributed by atoms with van der Waals surface area (Å²) in [6.07, 6.45) is 1.95. The summed E-state index contributed by atoms with van der Waals surface area (Å²) in [5.74, 6) is 1.04. The summed E-state index contributed by atoms with van der Waals surface area (Å²) in [5.41, 5.74) is 11.0. The molecule has 0 radical (unpaired) electrons. The molecule has 0 aliphatic carbocycles. The summed E-state index contributed by atoms with van der Waals surface area (Å²) in [6, 6.07) is 17.7. The van der Waals surface area contributed by atoms with Crippen molar-refractivity contribution in [1.29, 1.82) is 0 Å². The standard InChI is InChI=1S/C20H23N5/c1-3-14-6-10-16(11-7-14)18-12-17(15-8-4-13(2)5-9-15)22-20-23-19(21)24-25(18)20/h4-11,17-18H,3,12H2,1-2H3,(H3,21,22,23,24)/t17-,18+/m0/s1. The Labute approximate surface area is 147 Å². The normalized spacial score (nSPS) is 19.3. The number of anilines is 2. The van der Waals surface area contributed by atoms with Crippen LogP contribution in [-0.2, 0) is 6.42 Å². The third-order valence-corrected chi connectivity index (χ3v) is 4.96. The molecule has 1 aliphatic rings. The molecule has 3 aromatic rings. The number of nitrogen functional groups attached to an aromatic ring is 1. The number of aryl methyl sites for hydroxylation is 2. The first-order chi connectivity index (χ1) is 12.1. The van der Waals surface area contributed by atoms with E-state index in [2.05, 4.69) is 77.8 Å². The minimum Gasteiger partial charge on any atom is -0.366 e. The lowest BCUT2D eigenvalue weighted by Gasteiger charge is -2.31. The zero-order valence-corrected chi connectivity index (χ0v) is 14.6. The van der Waals surface area contributed by atoms with Crippen molar-refractivity contribution in [2.45, 2.75) is 38.8 Å². The van der Waals surface area contributed by atoms with E-state index in [1.807, 2.05) is 4.68 Å². The van der Waals surface area contributed by atoms with Crippen molar-refractivity contribution in [3.8, 4) is 0 Å². The van der Waals surface area contributed by atoms with Gasteiger partial charge in [0.05, 0.1) is 12.1 Å². The van der Waals surface area contributed by atoms with E-state index in [4.69, 9.17) is 5.73 Å². The Bertz CT molecular complexity index is 864. The number of nitrogens with one attached hydrogen (secondary N) is 1. The molecule has 1 aliphatic heterocycles. The molecule has 1 aromatic heterocycles. The van der Waals surface area contributed by atoms with Crippen molar-refractivity contribution in [2.75, 3.05) is 11.1 Å². The molecule has 128 valence electrons. The third-order valence-electron chi connectivity index (χ3n) is 4.96. The highest BCUT2D eigenvalue weighted by Gasteiger charge is 2.30. The highest BCUT2D eigenvalue weighted by Crippen LogP contribution is 2.38. The summed E-state index contributed by atoms with van der Waals surface area (Å²) < 4.78 is 1.92. The summed E-state index contributed by atoms with van der Waals surface area (Å²) in [6.45, 7) is 4.27. The monoisotopic (exact) mass is 333 g/mol. The average Bonchev–Trinajstić information content (AvgIpc) is 3.01. The Hall–Kier alpha value is -2.82. The maximum atomic E-state index is 5.87. The molecule has 0 saturated heterocycles. The Morgan fingerprint density at radius 2 is 1.76 bits per heavy atom. The molecule has 0 unspecified atom stereocenters.